The summed E-state index contributed by atoms with van der Waals surface area (Å²) in [6.07, 6.45) is 9.92. The van der Waals surface area contributed by atoms with Crippen LogP contribution in [-0.2, 0) is 4.79 Å². The lowest BCUT2D eigenvalue weighted by Gasteiger charge is -2.64. The molecule has 6 rings (SSSR count). The summed E-state index contributed by atoms with van der Waals surface area (Å²) in [5.41, 5.74) is 1.15. The Bertz CT molecular complexity index is 639. The summed E-state index contributed by atoms with van der Waals surface area (Å²) in [5.74, 6) is 0.355. The largest absolute Gasteiger partial charge is 0.334 e. The molecule has 0 radical (unpaired) electrons. The van der Waals surface area contributed by atoms with E-state index in [2.05, 4.69) is 28.0 Å². The molecule has 0 N–H and O–H groups in total. The summed E-state index contributed by atoms with van der Waals surface area (Å²) in [5, 5.41) is 0.780. The van der Waals surface area contributed by atoms with Gasteiger partial charge in [-0.3, -0.25) is 9.69 Å². The van der Waals surface area contributed by atoms with E-state index in [0.717, 1.165) is 17.1 Å². The van der Waals surface area contributed by atoms with Crippen LogP contribution in [-0.4, -0.2) is 46.4 Å². The quantitative estimate of drug-likeness (QED) is 0.825. The van der Waals surface area contributed by atoms with Crippen LogP contribution in [0.5, 0.6) is 0 Å². The van der Waals surface area contributed by atoms with Gasteiger partial charge in [0.2, 0.25) is 5.91 Å². The van der Waals surface area contributed by atoms with Gasteiger partial charge >= 0.3 is 0 Å². The van der Waals surface area contributed by atoms with Gasteiger partial charge < -0.3 is 4.90 Å². The highest BCUT2D eigenvalue weighted by Crippen LogP contribution is 2.45. The number of nitrogens with zero attached hydrogens (tertiary/aromatic N) is 2. The average molecular weight is 345 g/mol. The minimum absolute atomic E-state index is 0.355. The fourth-order valence-electron chi connectivity index (χ4n) is 5.11. The molecule has 1 aromatic carbocycles. The Morgan fingerprint density at radius 2 is 1.83 bits per heavy atom. The molecule has 1 aromatic rings. The van der Waals surface area contributed by atoms with Crippen molar-refractivity contribution in [2.45, 2.75) is 63.2 Å². The molecule has 24 heavy (non-hydrogen) atoms. The topological polar surface area (TPSA) is 23.6 Å². The first-order chi connectivity index (χ1) is 11.7. The molecule has 0 aromatic heterocycles. The summed E-state index contributed by atoms with van der Waals surface area (Å²) >= 11 is 6.05. The molecular weight excluding hydrogens is 320 g/mol. The summed E-state index contributed by atoms with van der Waals surface area (Å²) in [6.45, 7) is 2.97. The van der Waals surface area contributed by atoms with Crippen molar-refractivity contribution < 1.29 is 4.79 Å². The second-order valence-corrected chi connectivity index (χ2v) is 7.67. The second-order valence-electron chi connectivity index (χ2n) is 7.23. The Kier molecular flexibility index (Phi) is 4.40. The summed E-state index contributed by atoms with van der Waals surface area (Å²) in [4.78, 5) is 17.3. The number of piperazine rings is 1. The van der Waals surface area contributed by atoms with Gasteiger partial charge in [0.15, 0.2) is 0 Å². The van der Waals surface area contributed by atoms with E-state index in [1.54, 1.807) is 0 Å². The molecule has 4 bridgehead atoms. The van der Waals surface area contributed by atoms with Crippen molar-refractivity contribution in [3.8, 4) is 0 Å². The number of amides is 1. The number of rotatable bonds is 4. The molecule has 5 aliphatic rings. The Morgan fingerprint density at radius 3 is 2.46 bits per heavy atom. The fraction of sp³-hybridized carbons (Fsp3) is 0.550. The molecule has 4 atom stereocenters. The summed E-state index contributed by atoms with van der Waals surface area (Å²) < 4.78 is 0. The van der Waals surface area contributed by atoms with Gasteiger partial charge in [0, 0.05) is 42.2 Å². The van der Waals surface area contributed by atoms with Crippen molar-refractivity contribution in [1.82, 2.24) is 9.80 Å². The molecule has 128 valence electrons. The molecule has 5 saturated heterocycles. The molecule has 0 aliphatic carbocycles. The summed E-state index contributed by atoms with van der Waals surface area (Å²) in [6, 6.07) is 9.96. The second kappa shape index (κ2) is 6.53. The predicted octanol–water partition coefficient (Wildman–Crippen LogP) is 3.97. The van der Waals surface area contributed by atoms with Crippen LogP contribution in [0.2, 0.25) is 5.02 Å². The molecule has 5 aliphatic heterocycles. The zero-order chi connectivity index (χ0) is 16.7. The van der Waals surface area contributed by atoms with Crippen molar-refractivity contribution in [1.29, 1.82) is 0 Å². The van der Waals surface area contributed by atoms with Gasteiger partial charge in [0.05, 0.1) is 0 Å². The number of benzene rings is 1. The maximum atomic E-state index is 12.4. The lowest BCUT2D eigenvalue weighted by molar-refractivity contribution is -0.169. The van der Waals surface area contributed by atoms with Gasteiger partial charge in [-0.1, -0.05) is 42.8 Å². The number of piperidine rings is 4. The van der Waals surface area contributed by atoms with Gasteiger partial charge in [-0.05, 0) is 43.4 Å². The normalized spacial score (nSPS) is 32.0. The van der Waals surface area contributed by atoms with E-state index in [1.807, 2.05) is 25.1 Å². The molecule has 0 spiro atoms. The zero-order valence-corrected chi connectivity index (χ0v) is 15.0. The number of fused-ring (bicyclic) bond motifs is 2. The molecule has 1 amide bonds. The maximum Gasteiger partial charge on any atom is 0.222 e. The number of halogens is 1. The van der Waals surface area contributed by atoms with Gasteiger partial charge in [-0.15, -0.1) is 0 Å². The molecule has 5 fully saturated rings. The van der Waals surface area contributed by atoms with E-state index < -0.39 is 0 Å². The third-order valence-electron chi connectivity index (χ3n) is 6.04. The third-order valence-corrected chi connectivity index (χ3v) is 6.27. The highest BCUT2D eigenvalue weighted by atomic mass is 35.5. The predicted molar refractivity (Wildman–Crippen MR) is 97.9 cm³/mol. The van der Waals surface area contributed by atoms with E-state index in [1.165, 1.54) is 25.7 Å². The van der Waals surface area contributed by atoms with Crippen LogP contribution in [0.4, 0.5) is 0 Å². The smallest absolute Gasteiger partial charge is 0.222 e. The van der Waals surface area contributed by atoms with Crippen LogP contribution in [0.15, 0.2) is 30.3 Å². The lowest BCUT2D eigenvalue weighted by atomic mass is 9.71. The lowest BCUT2D eigenvalue weighted by Crippen LogP contribution is -2.76. The first-order valence-corrected chi connectivity index (χ1v) is 9.56. The van der Waals surface area contributed by atoms with Crippen molar-refractivity contribution in [2.24, 2.45) is 0 Å². The Labute approximate surface area is 149 Å². The molecule has 5 heterocycles. The van der Waals surface area contributed by atoms with E-state index in [9.17, 15) is 4.79 Å². The Hall–Kier alpha value is -1.32. The van der Waals surface area contributed by atoms with Gasteiger partial charge in [-0.25, -0.2) is 0 Å². The van der Waals surface area contributed by atoms with Gasteiger partial charge in [0.25, 0.3) is 0 Å². The average Bonchev–Trinajstić information content (AvgIpc) is 2.60. The van der Waals surface area contributed by atoms with E-state index >= 15 is 0 Å². The number of hydrogen-bond donors (Lipinski definition) is 0. The summed E-state index contributed by atoms with van der Waals surface area (Å²) in [7, 11) is 0. The zero-order valence-electron chi connectivity index (χ0n) is 14.2. The molecule has 4 heteroatoms. The highest BCUT2D eigenvalue weighted by Gasteiger charge is 2.55. The number of hydrogen-bond acceptors (Lipinski definition) is 2. The van der Waals surface area contributed by atoms with Gasteiger partial charge in [0.1, 0.15) is 0 Å². The minimum atomic E-state index is 0.355. The van der Waals surface area contributed by atoms with Crippen LogP contribution in [0.3, 0.4) is 0 Å². The van der Waals surface area contributed by atoms with E-state index in [4.69, 9.17) is 11.6 Å². The van der Waals surface area contributed by atoms with Crippen LogP contribution in [0.1, 0.15) is 44.6 Å². The van der Waals surface area contributed by atoms with Crippen molar-refractivity contribution in [3.05, 3.63) is 40.9 Å². The Balaban J connectivity index is 1.48. The molecule has 0 unspecified atom stereocenters. The van der Waals surface area contributed by atoms with Crippen LogP contribution < -0.4 is 0 Å². The van der Waals surface area contributed by atoms with Crippen molar-refractivity contribution in [2.75, 3.05) is 6.54 Å². The monoisotopic (exact) mass is 344 g/mol. The van der Waals surface area contributed by atoms with Crippen LogP contribution >= 0.6 is 11.6 Å². The fourth-order valence-corrected chi connectivity index (χ4v) is 5.31. The number of carbonyl (C=O) groups is 1. The number of carbonyl (C=O) groups excluding carboxylic acids is 1. The van der Waals surface area contributed by atoms with Crippen LogP contribution in [0.25, 0.3) is 6.08 Å². The minimum Gasteiger partial charge on any atom is -0.334 e. The maximum absolute atomic E-state index is 12.4. The van der Waals surface area contributed by atoms with Gasteiger partial charge in [-0.2, -0.15) is 0 Å². The molecule has 0 saturated carbocycles. The van der Waals surface area contributed by atoms with E-state index in [-0.39, 0.29) is 0 Å². The first kappa shape index (κ1) is 16.2. The van der Waals surface area contributed by atoms with Crippen molar-refractivity contribution >= 4 is 23.6 Å². The van der Waals surface area contributed by atoms with Crippen LogP contribution in [0, 0.1) is 0 Å². The molecular formula is C20H25ClN2O. The third kappa shape index (κ3) is 2.68. The van der Waals surface area contributed by atoms with E-state index in [0.29, 0.717) is 36.5 Å². The molecule has 3 nitrogen and oxygen atoms in total. The van der Waals surface area contributed by atoms with Crippen molar-refractivity contribution in [3.63, 3.8) is 0 Å². The Morgan fingerprint density at radius 1 is 1.17 bits per heavy atom. The SMILES string of the molecule is CCC(=O)N1[C@H]2CC[C@H]3[C@@H]1CC[C@@H]2N3C/C=C/c1cccc(Cl)c1. The highest BCUT2D eigenvalue weighted by molar-refractivity contribution is 6.30. The standard InChI is InChI=1S/C20H25ClN2O/c1-2-20(24)23-18-10-8-16-19(23)11-9-17(18)22(16)12-4-6-14-5-3-7-15(21)13-14/h3-7,13,16-19H,2,8-12H2,1H3/b6-4+/t16-,17-,18-,19-/m0/s1. The first-order valence-electron chi connectivity index (χ1n) is 9.18.